The Morgan fingerprint density at radius 1 is 1.12 bits per heavy atom. The Balaban J connectivity index is 2.45. The molecule has 1 aliphatic heterocycles. The average molecular weight is 240 g/mol. The molecule has 1 heterocycles. The second kappa shape index (κ2) is 7.38. The number of likely N-dealkylation sites (tertiary alicyclic amines) is 1. The summed E-state index contributed by atoms with van der Waals surface area (Å²) in [6.07, 6.45) is 6.78. The molecule has 1 aliphatic rings. The molecule has 1 N–H and O–H groups in total. The Labute approximate surface area is 108 Å². The van der Waals surface area contributed by atoms with E-state index in [-0.39, 0.29) is 0 Å². The lowest BCUT2D eigenvalue weighted by Crippen LogP contribution is -2.45. The van der Waals surface area contributed by atoms with E-state index in [1.165, 1.54) is 51.7 Å². The van der Waals surface area contributed by atoms with E-state index in [1.807, 2.05) is 0 Å². The van der Waals surface area contributed by atoms with Crippen LogP contribution in [0, 0.1) is 11.3 Å². The van der Waals surface area contributed by atoms with Crippen LogP contribution < -0.4 is 5.32 Å². The monoisotopic (exact) mass is 240 g/mol. The maximum absolute atomic E-state index is 3.39. The lowest BCUT2D eigenvalue weighted by Gasteiger charge is -2.40. The molecule has 0 atom stereocenters. The molecular formula is C15H32N2. The Bertz CT molecular complexity index is 191. The number of rotatable bonds is 7. The van der Waals surface area contributed by atoms with Gasteiger partial charge in [-0.3, -0.25) is 0 Å². The van der Waals surface area contributed by atoms with Gasteiger partial charge in [0.2, 0.25) is 0 Å². The summed E-state index contributed by atoms with van der Waals surface area (Å²) in [5, 5.41) is 3.39. The van der Waals surface area contributed by atoms with Crippen LogP contribution in [0.2, 0.25) is 0 Å². The van der Waals surface area contributed by atoms with Gasteiger partial charge in [-0.05, 0) is 57.2 Å². The number of nitrogens with one attached hydrogen (secondary N) is 1. The van der Waals surface area contributed by atoms with Crippen molar-refractivity contribution < 1.29 is 0 Å². The molecule has 0 saturated carbocycles. The van der Waals surface area contributed by atoms with Crippen molar-refractivity contribution >= 4 is 0 Å². The van der Waals surface area contributed by atoms with Crippen molar-refractivity contribution in [3.05, 3.63) is 0 Å². The fraction of sp³-hybridized carbons (Fsp3) is 1.00. The fourth-order valence-electron chi connectivity index (χ4n) is 3.18. The minimum absolute atomic E-state index is 0.494. The quantitative estimate of drug-likeness (QED) is 0.735. The molecule has 102 valence electrons. The first kappa shape index (κ1) is 15.0. The molecule has 0 amide bonds. The maximum Gasteiger partial charge on any atom is 0.00499 e. The second-order valence-electron chi connectivity index (χ2n) is 5.87. The standard InChI is InChI=1S/C15H32N2/c1-5-14-8-10-17(11-9-14)13-15(6-2,7-3)12-16-4/h14,16H,5-13H2,1-4H3. The van der Waals surface area contributed by atoms with E-state index in [0.29, 0.717) is 5.41 Å². The first-order chi connectivity index (χ1) is 8.19. The Kier molecular flexibility index (Phi) is 6.50. The van der Waals surface area contributed by atoms with Gasteiger partial charge in [0.1, 0.15) is 0 Å². The van der Waals surface area contributed by atoms with Gasteiger partial charge in [0.15, 0.2) is 0 Å². The van der Waals surface area contributed by atoms with Crippen LogP contribution in [0.25, 0.3) is 0 Å². The molecular weight excluding hydrogens is 208 g/mol. The van der Waals surface area contributed by atoms with Gasteiger partial charge in [-0.2, -0.15) is 0 Å². The third-order valence-corrected chi connectivity index (χ3v) is 4.90. The normalized spacial score (nSPS) is 19.8. The van der Waals surface area contributed by atoms with E-state index in [1.54, 1.807) is 0 Å². The van der Waals surface area contributed by atoms with Gasteiger partial charge in [0, 0.05) is 13.1 Å². The Hall–Kier alpha value is -0.0800. The summed E-state index contributed by atoms with van der Waals surface area (Å²) in [5.74, 6) is 0.994. The predicted octanol–water partition coefficient (Wildman–Crippen LogP) is 3.13. The zero-order valence-electron chi connectivity index (χ0n) is 12.4. The molecule has 0 aromatic carbocycles. The lowest BCUT2D eigenvalue weighted by molar-refractivity contribution is 0.101. The van der Waals surface area contributed by atoms with Gasteiger partial charge in [0.25, 0.3) is 0 Å². The van der Waals surface area contributed by atoms with E-state index in [9.17, 15) is 0 Å². The van der Waals surface area contributed by atoms with Crippen molar-refractivity contribution in [1.29, 1.82) is 0 Å². The molecule has 0 radical (unpaired) electrons. The van der Waals surface area contributed by atoms with Crippen molar-refractivity contribution in [3.63, 3.8) is 0 Å². The number of hydrogen-bond donors (Lipinski definition) is 1. The topological polar surface area (TPSA) is 15.3 Å². The molecule has 0 unspecified atom stereocenters. The third-order valence-electron chi connectivity index (χ3n) is 4.90. The van der Waals surface area contributed by atoms with Crippen LogP contribution in [0.4, 0.5) is 0 Å². The molecule has 1 saturated heterocycles. The largest absolute Gasteiger partial charge is 0.319 e. The minimum Gasteiger partial charge on any atom is -0.319 e. The molecule has 0 aromatic heterocycles. The van der Waals surface area contributed by atoms with Crippen LogP contribution >= 0.6 is 0 Å². The highest BCUT2D eigenvalue weighted by Gasteiger charge is 2.29. The summed E-state index contributed by atoms with van der Waals surface area (Å²) in [6.45, 7) is 12.1. The number of nitrogens with zero attached hydrogens (tertiary/aromatic N) is 1. The lowest BCUT2D eigenvalue weighted by atomic mass is 9.81. The highest BCUT2D eigenvalue weighted by atomic mass is 15.1. The highest BCUT2D eigenvalue weighted by molar-refractivity contribution is 4.84. The van der Waals surface area contributed by atoms with Gasteiger partial charge in [-0.15, -0.1) is 0 Å². The van der Waals surface area contributed by atoms with E-state index < -0.39 is 0 Å². The molecule has 0 aliphatic carbocycles. The maximum atomic E-state index is 3.39. The van der Waals surface area contributed by atoms with Crippen LogP contribution in [0.5, 0.6) is 0 Å². The van der Waals surface area contributed by atoms with Crippen LogP contribution in [-0.2, 0) is 0 Å². The van der Waals surface area contributed by atoms with Crippen molar-refractivity contribution in [3.8, 4) is 0 Å². The van der Waals surface area contributed by atoms with E-state index in [2.05, 4.69) is 38.0 Å². The summed E-state index contributed by atoms with van der Waals surface area (Å²) in [6, 6.07) is 0. The molecule has 2 nitrogen and oxygen atoms in total. The third kappa shape index (κ3) is 4.26. The highest BCUT2D eigenvalue weighted by Crippen LogP contribution is 2.29. The van der Waals surface area contributed by atoms with E-state index in [0.717, 1.165) is 12.5 Å². The predicted molar refractivity (Wildman–Crippen MR) is 76.4 cm³/mol. The first-order valence-electron chi connectivity index (χ1n) is 7.56. The molecule has 2 heteroatoms. The molecule has 1 rings (SSSR count). The van der Waals surface area contributed by atoms with Crippen LogP contribution in [-0.4, -0.2) is 38.1 Å². The average Bonchev–Trinajstić information content (AvgIpc) is 2.39. The second-order valence-corrected chi connectivity index (χ2v) is 5.87. The molecule has 17 heavy (non-hydrogen) atoms. The zero-order chi connectivity index (χ0) is 12.7. The molecule has 0 spiro atoms. The van der Waals surface area contributed by atoms with Crippen molar-refractivity contribution in [2.24, 2.45) is 11.3 Å². The summed E-state index contributed by atoms with van der Waals surface area (Å²) in [7, 11) is 2.09. The summed E-state index contributed by atoms with van der Waals surface area (Å²) >= 11 is 0. The number of hydrogen-bond acceptors (Lipinski definition) is 2. The fourth-order valence-corrected chi connectivity index (χ4v) is 3.18. The first-order valence-corrected chi connectivity index (χ1v) is 7.56. The van der Waals surface area contributed by atoms with Crippen LogP contribution in [0.3, 0.4) is 0 Å². The van der Waals surface area contributed by atoms with Crippen LogP contribution in [0.15, 0.2) is 0 Å². The summed E-state index contributed by atoms with van der Waals surface area (Å²) < 4.78 is 0. The van der Waals surface area contributed by atoms with Gasteiger partial charge in [-0.25, -0.2) is 0 Å². The molecule has 0 aromatic rings. The smallest absolute Gasteiger partial charge is 0.00499 e. The van der Waals surface area contributed by atoms with Gasteiger partial charge in [-0.1, -0.05) is 27.2 Å². The van der Waals surface area contributed by atoms with Gasteiger partial charge >= 0.3 is 0 Å². The number of piperidine rings is 1. The van der Waals surface area contributed by atoms with Crippen molar-refractivity contribution in [2.75, 3.05) is 33.2 Å². The summed E-state index contributed by atoms with van der Waals surface area (Å²) in [4.78, 5) is 2.70. The Morgan fingerprint density at radius 3 is 2.12 bits per heavy atom. The Morgan fingerprint density at radius 2 is 1.71 bits per heavy atom. The van der Waals surface area contributed by atoms with Crippen molar-refractivity contribution in [2.45, 2.75) is 52.9 Å². The molecule has 0 bridgehead atoms. The summed E-state index contributed by atoms with van der Waals surface area (Å²) in [5.41, 5.74) is 0.494. The van der Waals surface area contributed by atoms with E-state index in [4.69, 9.17) is 0 Å². The SMILES string of the molecule is CCC1CCN(CC(CC)(CC)CNC)CC1. The van der Waals surface area contributed by atoms with E-state index >= 15 is 0 Å². The zero-order valence-corrected chi connectivity index (χ0v) is 12.4. The van der Waals surface area contributed by atoms with Crippen LogP contribution in [0.1, 0.15) is 52.9 Å². The van der Waals surface area contributed by atoms with Gasteiger partial charge < -0.3 is 10.2 Å². The molecule has 1 fully saturated rings. The van der Waals surface area contributed by atoms with Crippen molar-refractivity contribution in [1.82, 2.24) is 10.2 Å². The van der Waals surface area contributed by atoms with Gasteiger partial charge in [0.05, 0.1) is 0 Å². The minimum atomic E-state index is 0.494.